The maximum atomic E-state index is 3.74. The molecule has 1 aromatic rings. The topological polar surface area (TPSA) is 15.3 Å². The molecular weight excluding hydrogens is 312 g/mol. The van der Waals surface area contributed by atoms with E-state index in [1.165, 1.54) is 35.0 Å². The molecule has 1 unspecified atom stereocenters. The van der Waals surface area contributed by atoms with E-state index in [2.05, 4.69) is 72.0 Å². The zero-order chi connectivity index (χ0) is 15.0. The molecule has 0 amide bonds. The van der Waals surface area contributed by atoms with Gasteiger partial charge in [-0.1, -0.05) is 42.8 Å². The maximum Gasteiger partial charge on any atom is 0.0377 e. The Morgan fingerprint density at radius 1 is 1.10 bits per heavy atom. The highest BCUT2D eigenvalue weighted by atomic mass is 79.9. The fraction of sp³-hybridized carbons (Fsp3) is 0.647. The van der Waals surface area contributed by atoms with Gasteiger partial charge in [0.2, 0.25) is 0 Å². The fourth-order valence-corrected chi connectivity index (χ4v) is 3.15. The first kappa shape index (κ1) is 17.5. The van der Waals surface area contributed by atoms with Gasteiger partial charge in [-0.25, -0.2) is 0 Å². The largest absolute Gasteiger partial charge is 0.372 e. The standard InChI is InChI=1S/C17H29BrN2/c1-5-10-19-14(4)16-9-8-15(13-17(16)18)20(11-6-2)12-7-3/h8-9,13-14,19H,5-7,10-12H2,1-4H3. The average molecular weight is 341 g/mol. The van der Waals surface area contributed by atoms with Gasteiger partial charge in [-0.2, -0.15) is 0 Å². The molecule has 2 nitrogen and oxygen atoms in total. The van der Waals surface area contributed by atoms with Gasteiger partial charge in [-0.3, -0.25) is 0 Å². The summed E-state index contributed by atoms with van der Waals surface area (Å²) in [5.74, 6) is 0. The van der Waals surface area contributed by atoms with Gasteiger partial charge < -0.3 is 10.2 Å². The van der Waals surface area contributed by atoms with Crippen LogP contribution in [0.1, 0.15) is 58.6 Å². The summed E-state index contributed by atoms with van der Waals surface area (Å²) in [6.07, 6.45) is 3.54. The minimum atomic E-state index is 0.393. The third kappa shape index (κ3) is 5.10. The molecule has 1 N–H and O–H groups in total. The first-order valence-corrected chi connectivity index (χ1v) is 8.71. The summed E-state index contributed by atoms with van der Waals surface area (Å²) in [7, 11) is 0. The van der Waals surface area contributed by atoms with E-state index in [0.29, 0.717) is 6.04 Å². The zero-order valence-corrected chi connectivity index (χ0v) is 15.0. The number of nitrogens with zero attached hydrogens (tertiary/aromatic N) is 1. The molecule has 1 rings (SSSR count). The number of anilines is 1. The molecule has 0 spiro atoms. The Labute approximate surface area is 133 Å². The van der Waals surface area contributed by atoms with E-state index >= 15 is 0 Å². The van der Waals surface area contributed by atoms with Crippen LogP contribution in [-0.2, 0) is 0 Å². The summed E-state index contributed by atoms with van der Waals surface area (Å²) >= 11 is 3.74. The Kier molecular flexibility index (Phi) is 8.24. The van der Waals surface area contributed by atoms with Crippen molar-refractivity contribution < 1.29 is 0 Å². The molecular formula is C17H29BrN2. The highest BCUT2D eigenvalue weighted by Gasteiger charge is 2.11. The molecule has 3 heteroatoms. The summed E-state index contributed by atoms with van der Waals surface area (Å²) in [5, 5.41) is 3.54. The van der Waals surface area contributed by atoms with Crippen LogP contribution in [0.2, 0.25) is 0 Å². The van der Waals surface area contributed by atoms with Crippen LogP contribution in [0.25, 0.3) is 0 Å². The molecule has 1 atom stereocenters. The Morgan fingerprint density at radius 2 is 1.75 bits per heavy atom. The summed E-state index contributed by atoms with van der Waals surface area (Å²) in [5.41, 5.74) is 2.67. The molecule has 0 saturated carbocycles. The minimum Gasteiger partial charge on any atom is -0.372 e. The highest BCUT2D eigenvalue weighted by molar-refractivity contribution is 9.10. The normalized spacial score (nSPS) is 12.4. The first-order chi connectivity index (χ1) is 9.63. The van der Waals surface area contributed by atoms with Crippen molar-refractivity contribution in [3.8, 4) is 0 Å². The summed E-state index contributed by atoms with van der Waals surface area (Å²) in [6.45, 7) is 12.2. The van der Waals surface area contributed by atoms with Crippen LogP contribution in [0.4, 0.5) is 5.69 Å². The molecule has 0 saturated heterocycles. The molecule has 0 aromatic heterocycles. The lowest BCUT2D eigenvalue weighted by atomic mass is 10.1. The summed E-state index contributed by atoms with van der Waals surface area (Å²) in [6, 6.07) is 7.18. The highest BCUT2D eigenvalue weighted by Crippen LogP contribution is 2.28. The molecule has 0 aliphatic carbocycles. The molecule has 0 aliphatic rings. The Balaban J connectivity index is 2.84. The van der Waals surface area contributed by atoms with E-state index in [4.69, 9.17) is 0 Å². The van der Waals surface area contributed by atoms with Crippen LogP contribution in [-0.4, -0.2) is 19.6 Å². The molecule has 0 aliphatic heterocycles. The van der Waals surface area contributed by atoms with Gasteiger partial charge in [0, 0.05) is 29.3 Å². The van der Waals surface area contributed by atoms with Crippen molar-refractivity contribution in [3.63, 3.8) is 0 Å². The van der Waals surface area contributed by atoms with Crippen molar-refractivity contribution in [2.45, 2.75) is 53.0 Å². The van der Waals surface area contributed by atoms with Crippen LogP contribution in [0.3, 0.4) is 0 Å². The molecule has 20 heavy (non-hydrogen) atoms. The van der Waals surface area contributed by atoms with Crippen LogP contribution < -0.4 is 10.2 Å². The quantitative estimate of drug-likeness (QED) is 0.669. The number of benzene rings is 1. The maximum absolute atomic E-state index is 3.74. The molecule has 0 radical (unpaired) electrons. The van der Waals surface area contributed by atoms with Crippen LogP contribution in [0, 0.1) is 0 Å². The lowest BCUT2D eigenvalue weighted by Crippen LogP contribution is -2.25. The Hall–Kier alpha value is -0.540. The average Bonchev–Trinajstić information content (AvgIpc) is 2.44. The molecule has 1 aromatic carbocycles. The van der Waals surface area contributed by atoms with E-state index in [1.54, 1.807) is 0 Å². The number of nitrogens with one attached hydrogen (secondary N) is 1. The third-order valence-electron chi connectivity index (χ3n) is 3.50. The molecule has 114 valence electrons. The predicted octanol–water partition coefficient (Wildman–Crippen LogP) is 5.14. The van der Waals surface area contributed by atoms with E-state index < -0.39 is 0 Å². The molecule has 0 heterocycles. The van der Waals surface area contributed by atoms with Crippen LogP contribution in [0.15, 0.2) is 22.7 Å². The lowest BCUT2D eigenvalue weighted by Gasteiger charge is -2.25. The van der Waals surface area contributed by atoms with Gasteiger partial charge in [-0.15, -0.1) is 0 Å². The van der Waals surface area contributed by atoms with Crippen molar-refractivity contribution >= 4 is 21.6 Å². The second-order valence-electron chi connectivity index (χ2n) is 5.37. The van der Waals surface area contributed by atoms with Gasteiger partial charge in [0.1, 0.15) is 0 Å². The van der Waals surface area contributed by atoms with E-state index in [-0.39, 0.29) is 0 Å². The van der Waals surface area contributed by atoms with Gasteiger partial charge in [0.05, 0.1) is 0 Å². The number of hydrogen-bond donors (Lipinski definition) is 1. The van der Waals surface area contributed by atoms with Crippen molar-refractivity contribution in [2.24, 2.45) is 0 Å². The molecule has 0 bridgehead atoms. The monoisotopic (exact) mass is 340 g/mol. The smallest absolute Gasteiger partial charge is 0.0377 e. The van der Waals surface area contributed by atoms with Gasteiger partial charge in [0.15, 0.2) is 0 Å². The van der Waals surface area contributed by atoms with E-state index in [1.807, 2.05) is 0 Å². The Bertz CT molecular complexity index is 387. The fourth-order valence-electron chi connectivity index (χ4n) is 2.44. The number of halogens is 1. The summed E-state index contributed by atoms with van der Waals surface area (Å²) in [4.78, 5) is 2.47. The Morgan fingerprint density at radius 3 is 2.25 bits per heavy atom. The lowest BCUT2D eigenvalue weighted by molar-refractivity contribution is 0.569. The van der Waals surface area contributed by atoms with Crippen molar-refractivity contribution in [1.82, 2.24) is 5.32 Å². The zero-order valence-electron chi connectivity index (χ0n) is 13.4. The third-order valence-corrected chi connectivity index (χ3v) is 4.19. The van der Waals surface area contributed by atoms with E-state index in [9.17, 15) is 0 Å². The first-order valence-electron chi connectivity index (χ1n) is 7.91. The van der Waals surface area contributed by atoms with Crippen LogP contribution >= 0.6 is 15.9 Å². The minimum absolute atomic E-state index is 0.393. The van der Waals surface area contributed by atoms with Gasteiger partial charge >= 0.3 is 0 Å². The number of rotatable bonds is 9. The SMILES string of the molecule is CCCNC(C)c1ccc(N(CCC)CCC)cc1Br. The molecule has 0 fully saturated rings. The predicted molar refractivity (Wildman–Crippen MR) is 93.6 cm³/mol. The second-order valence-corrected chi connectivity index (χ2v) is 6.22. The van der Waals surface area contributed by atoms with Gasteiger partial charge in [-0.05, 0) is 50.4 Å². The van der Waals surface area contributed by atoms with Crippen molar-refractivity contribution in [2.75, 3.05) is 24.5 Å². The van der Waals surface area contributed by atoms with Crippen molar-refractivity contribution in [1.29, 1.82) is 0 Å². The van der Waals surface area contributed by atoms with Crippen LogP contribution in [0.5, 0.6) is 0 Å². The number of hydrogen-bond acceptors (Lipinski definition) is 2. The second kappa shape index (κ2) is 9.41. The van der Waals surface area contributed by atoms with Crippen molar-refractivity contribution in [3.05, 3.63) is 28.2 Å². The van der Waals surface area contributed by atoms with E-state index in [0.717, 1.165) is 19.6 Å². The van der Waals surface area contributed by atoms with Gasteiger partial charge in [0.25, 0.3) is 0 Å². The summed E-state index contributed by atoms with van der Waals surface area (Å²) < 4.78 is 1.21.